The molecule has 0 aliphatic carbocycles. The lowest BCUT2D eigenvalue weighted by molar-refractivity contribution is 1.13. The zero-order valence-electron chi connectivity index (χ0n) is 8.41. The Balaban J connectivity index is 3.51. The molecule has 0 bridgehead atoms. The minimum absolute atomic E-state index is 0.155. The second-order valence-corrected chi connectivity index (χ2v) is 3.00. The van der Waals surface area contributed by atoms with Crippen molar-refractivity contribution in [3.63, 3.8) is 0 Å². The number of nitrogens with zero attached hydrogens (tertiary/aromatic N) is 2. The fourth-order valence-corrected chi connectivity index (χ4v) is 1.02. The van der Waals surface area contributed by atoms with Crippen molar-refractivity contribution >= 4 is 24.4 Å². The summed E-state index contributed by atoms with van der Waals surface area (Å²) >= 11 is 0. The lowest BCUT2D eigenvalue weighted by atomic mass is 10.2. The van der Waals surface area contributed by atoms with Crippen LogP contribution in [0.25, 0.3) is 12.7 Å². The van der Waals surface area contributed by atoms with Crippen LogP contribution in [0.5, 0.6) is 0 Å². The highest BCUT2D eigenvalue weighted by Crippen LogP contribution is 1.94. The summed E-state index contributed by atoms with van der Waals surface area (Å²) in [5.74, 6) is 0.520. The Kier molecular flexibility index (Phi) is 2.86. The maximum Gasteiger partial charge on any atom is 0.222 e. The van der Waals surface area contributed by atoms with Crippen molar-refractivity contribution < 1.29 is 0 Å². The van der Waals surface area contributed by atoms with E-state index in [2.05, 4.69) is 16.5 Å². The van der Waals surface area contributed by atoms with E-state index in [4.69, 9.17) is 11.5 Å². The van der Waals surface area contributed by atoms with Crippen LogP contribution in [0.2, 0.25) is 0 Å². The Labute approximate surface area is 82.7 Å². The van der Waals surface area contributed by atoms with Crippen LogP contribution in [-0.4, -0.2) is 9.97 Å². The van der Waals surface area contributed by atoms with E-state index in [1.54, 1.807) is 0 Å². The van der Waals surface area contributed by atoms with Gasteiger partial charge in [-0.2, -0.15) is 4.98 Å². The molecule has 0 spiro atoms. The molecule has 0 atom stereocenters. The smallest absolute Gasteiger partial charge is 0.222 e. The Morgan fingerprint density at radius 2 is 2.00 bits per heavy atom. The lowest BCUT2D eigenvalue weighted by Crippen LogP contribution is -2.32. The monoisotopic (exact) mass is 190 g/mol. The number of nitrogens with two attached hydrogens (primary N) is 2. The molecule has 1 aromatic rings. The molecule has 0 saturated heterocycles. The third-order valence-corrected chi connectivity index (χ3v) is 1.90. The predicted octanol–water partition coefficient (Wildman–Crippen LogP) is -0.202. The molecule has 0 aliphatic rings. The average molecular weight is 190 g/mol. The first-order valence-corrected chi connectivity index (χ1v) is 4.27. The van der Waals surface area contributed by atoms with E-state index in [9.17, 15) is 0 Å². The molecule has 4 nitrogen and oxygen atoms in total. The zero-order valence-corrected chi connectivity index (χ0v) is 8.41. The summed E-state index contributed by atoms with van der Waals surface area (Å²) in [4.78, 5) is 7.81. The van der Waals surface area contributed by atoms with Crippen LogP contribution in [0, 0.1) is 0 Å². The highest BCUT2D eigenvalue weighted by Gasteiger charge is 1.96. The van der Waals surface area contributed by atoms with Crippen LogP contribution in [0.3, 0.4) is 0 Å². The molecule has 0 amide bonds. The highest BCUT2D eigenvalue weighted by molar-refractivity contribution is 5.51. The number of nitrogen functional groups attached to an aromatic ring is 2. The fraction of sp³-hybridized carbons (Fsp3) is 0.200. The molecule has 1 aromatic heterocycles. The van der Waals surface area contributed by atoms with Crippen molar-refractivity contribution in [2.24, 2.45) is 0 Å². The van der Waals surface area contributed by atoms with Crippen LogP contribution in [0.4, 0.5) is 11.8 Å². The van der Waals surface area contributed by atoms with Gasteiger partial charge in [-0.15, -0.1) is 0 Å². The lowest BCUT2D eigenvalue weighted by Gasteiger charge is -1.97. The number of rotatable bonds is 1. The molecule has 1 heterocycles. The summed E-state index contributed by atoms with van der Waals surface area (Å²) in [6.45, 7) is 7.67. The predicted molar refractivity (Wildman–Crippen MR) is 59.5 cm³/mol. The van der Waals surface area contributed by atoms with Crippen molar-refractivity contribution in [3.05, 3.63) is 22.2 Å². The molecular formula is C10H14N4. The third kappa shape index (κ3) is 2.10. The molecule has 4 N–H and O–H groups in total. The van der Waals surface area contributed by atoms with Crippen molar-refractivity contribution in [3.8, 4) is 0 Å². The SMILES string of the molecule is C=c1nc(N)nc(N)/c1=C/C(C)=C\C. The van der Waals surface area contributed by atoms with Crippen LogP contribution < -0.4 is 22.0 Å². The summed E-state index contributed by atoms with van der Waals surface area (Å²) < 4.78 is 0. The van der Waals surface area contributed by atoms with E-state index in [0.29, 0.717) is 11.2 Å². The molecule has 1 rings (SSSR count). The largest absolute Gasteiger partial charge is 0.383 e. The van der Waals surface area contributed by atoms with E-state index in [0.717, 1.165) is 10.8 Å². The summed E-state index contributed by atoms with van der Waals surface area (Å²) in [7, 11) is 0. The Morgan fingerprint density at radius 1 is 1.36 bits per heavy atom. The minimum atomic E-state index is 0.155. The van der Waals surface area contributed by atoms with Crippen molar-refractivity contribution in [2.75, 3.05) is 11.5 Å². The Morgan fingerprint density at radius 3 is 2.50 bits per heavy atom. The maximum absolute atomic E-state index is 5.70. The van der Waals surface area contributed by atoms with Gasteiger partial charge >= 0.3 is 0 Å². The van der Waals surface area contributed by atoms with Gasteiger partial charge in [0.05, 0.1) is 5.35 Å². The molecule has 0 unspecified atom stereocenters. The van der Waals surface area contributed by atoms with Gasteiger partial charge in [0.2, 0.25) is 5.95 Å². The van der Waals surface area contributed by atoms with Gasteiger partial charge in [0.25, 0.3) is 0 Å². The van der Waals surface area contributed by atoms with E-state index in [1.165, 1.54) is 0 Å². The van der Waals surface area contributed by atoms with Gasteiger partial charge < -0.3 is 11.5 Å². The second kappa shape index (κ2) is 3.91. The quantitative estimate of drug-likeness (QED) is 0.642. The van der Waals surface area contributed by atoms with E-state index in [1.807, 2.05) is 26.0 Å². The fourth-order valence-electron chi connectivity index (χ4n) is 1.02. The molecule has 0 saturated carbocycles. The number of hydrogen-bond acceptors (Lipinski definition) is 4. The zero-order chi connectivity index (χ0) is 10.7. The van der Waals surface area contributed by atoms with Gasteiger partial charge in [0, 0.05) is 5.22 Å². The van der Waals surface area contributed by atoms with Gasteiger partial charge in [-0.05, 0) is 19.9 Å². The number of hydrogen-bond donors (Lipinski definition) is 2. The number of anilines is 2. The first kappa shape index (κ1) is 10.2. The second-order valence-electron chi connectivity index (χ2n) is 3.00. The molecule has 0 radical (unpaired) electrons. The van der Waals surface area contributed by atoms with Crippen LogP contribution >= 0.6 is 0 Å². The van der Waals surface area contributed by atoms with E-state index >= 15 is 0 Å². The van der Waals surface area contributed by atoms with E-state index in [-0.39, 0.29) is 5.95 Å². The summed E-state index contributed by atoms with van der Waals surface area (Å²) in [5.41, 5.74) is 12.2. The normalized spacial score (nSPS) is 13.3. The number of aromatic nitrogens is 2. The van der Waals surface area contributed by atoms with Gasteiger partial charge in [-0.3, -0.25) is 0 Å². The Bertz CT molecular complexity index is 474. The maximum atomic E-state index is 5.70. The molecule has 14 heavy (non-hydrogen) atoms. The average Bonchev–Trinajstić information content (AvgIpc) is 2.10. The van der Waals surface area contributed by atoms with Gasteiger partial charge in [0.1, 0.15) is 5.82 Å². The minimum Gasteiger partial charge on any atom is -0.383 e. The van der Waals surface area contributed by atoms with E-state index < -0.39 is 0 Å². The van der Waals surface area contributed by atoms with Crippen molar-refractivity contribution in [1.29, 1.82) is 0 Å². The van der Waals surface area contributed by atoms with Crippen molar-refractivity contribution in [2.45, 2.75) is 13.8 Å². The molecule has 0 aromatic carbocycles. The first-order valence-electron chi connectivity index (χ1n) is 4.27. The summed E-state index contributed by atoms with van der Waals surface area (Å²) in [5, 5.41) is 1.28. The van der Waals surface area contributed by atoms with Crippen LogP contribution in [0.15, 0.2) is 11.6 Å². The molecule has 0 fully saturated rings. The molecular weight excluding hydrogens is 176 g/mol. The highest BCUT2D eigenvalue weighted by atomic mass is 15.0. The molecule has 0 aliphatic heterocycles. The topological polar surface area (TPSA) is 77.8 Å². The van der Waals surface area contributed by atoms with Crippen molar-refractivity contribution in [1.82, 2.24) is 9.97 Å². The van der Waals surface area contributed by atoms with Gasteiger partial charge in [0.15, 0.2) is 0 Å². The van der Waals surface area contributed by atoms with Gasteiger partial charge in [-0.1, -0.05) is 18.2 Å². The van der Waals surface area contributed by atoms with Crippen LogP contribution in [0.1, 0.15) is 13.8 Å². The summed E-state index contributed by atoms with van der Waals surface area (Å²) in [6.07, 6.45) is 3.85. The molecule has 4 heteroatoms. The standard InChI is InChI=1S/C10H14N4/c1-4-6(2)5-8-7(3)13-10(12)14-9(8)11/h4-5H,3H2,1-2H3,(H4,11,12,13,14)/b6-4-,8-5+. The summed E-state index contributed by atoms with van der Waals surface area (Å²) in [6, 6.07) is 0. The molecule has 74 valence electrons. The van der Waals surface area contributed by atoms with Gasteiger partial charge in [-0.25, -0.2) is 4.98 Å². The Hall–Kier alpha value is -1.84. The van der Waals surface area contributed by atoms with Crippen LogP contribution in [-0.2, 0) is 0 Å². The first-order chi connectivity index (χ1) is 6.54. The third-order valence-electron chi connectivity index (χ3n) is 1.90. The number of allylic oxidation sites excluding steroid dienone is 2.